The highest BCUT2D eigenvalue weighted by molar-refractivity contribution is 5.83. The second-order valence-corrected chi connectivity index (χ2v) is 10.2. The van der Waals surface area contributed by atoms with E-state index < -0.39 is 35.9 Å². The molecule has 2 fully saturated rings. The number of hydrogen-bond donors (Lipinski definition) is 2. The number of aliphatic hydroxyl groups is 1. The SMILES string of the molecule is Cc1ccccc1CN(C=O)C1(C)OCN(C(=O)[C@@H](O)[C@H](Cc2ccccc2)NC(=O)O[C@H]2CCOC2)[C@@H]1C. The molecule has 5 atom stereocenters. The molecule has 10 nitrogen and oxygen atoms in total. The van der Waals surface area contributed by atoms with Crippen LogP contribution in [-0.4, -0.2) is 83.3 Å². The second kappa shape index (κ2) is 12.6. The molecule has 210 valence electrons. The smallest absolute Gasteiger partial charge is 0.407 e. The Labute approximate surface area is 228 Å². The zero-order chi connectivity index (χ0) is 28.0. The number of hydrogen-bond acceptors (Lipinski definition) is 7. The summed E-state index contributed by atoms with van der Waals surface area (Å²) < 4.78 is 16.7. The number of carbonyl (C=O) groups excluding carboxylic acids is 3. The van der Waals surface area contributed by atoms with Crippen molar-refractivity contribution in [1.82, 2.24) is 15.1 Å². The molecule has 0 aliphatic carbocycles. The Morgan fingerprint density at radius 2 is 1.95 bits per heavy atom. The van der Waals surface area contributed by atoms with E-state index >= 15 is 0 Å². The molecule has 2 aliphatic rings. The summed E-state index contributed by atoms with van der Waals surface area (Å²) in [5.74, 6) is -0.613. The Bertz CT molecular complexity index is 1140. The maximum absolute atomic E-state index is 13.6. The van der Waals surface area contributed by atoms with Crippen molar-refractivity contribution in [2.24, 2.45) is 0 Å². The van der Waals surface area contributed by atoms with Gasteiger partial charge < -0.3 is 34.4 Å². The highest BCUT2D eigenvalue weighted by Crippen LogP contribution is 2.33. The first-order valence-electron chi connectivity index (χ1n) is 13.2. The summed E-state index contributed by atoms with van der Waals surface area (Å²) in [6, 6.07) is 15.5. The average molecular weight is 540 g/mol. The fraction of sp³-hybridized carbons (Fsp3) is 0.483. The minimum Gasteiger partial charge on any atom is -0.444 e. The van der Waals surface area contributed by atoms with Crippen LogP contribution in [0.4, 0.5) is 4.79 Å². The first-order valence-corrected chi connectivity index (χ1v) is 13.2. The minimum atomic E-state index is -1.58. The molecule has 2 aromatic rings. The summed E-state index contributed by atoms with van der Waals surface area (Å²) in [6.07, 6.45) is -1.15. The predicted octanol–water partition coefficient (Wildman–Crippen LogP) is 2.36. The van der Waals surface area contributed by atoms with Crippen LogP contribution in [0.3, 0.4) is 0 Å². The molecule has 2 heterocycles. The van der Waals surface area contributed by atoms with Crippen molar-refractivity contribution >= 4 is 18.4 Å². The Kier molecular flexibility index (Phi) is 9.21. The number of carbonyl (C=O) groups is 3. The third-order valence-electron chi connectivity index (χ3n) is 7.72. The quantitative estimate of drug-likeness (QED) is 0.445. The van der Waals surface area contributed by atoms with E-state index in [-0.39, 0.29) is 19.3 Å². The summed E-state index contributed by atoms with van der Waals surface area (Å²) >= 11 is 0. The van der Waals surface area contributed by atoms with E-state index in [0.717, 1.165) is 23.1 Å². The van der Waals surface area contributed by atoms with Crippen molar-refractivity contribution in [3.63, 3.8) is 0 Å². The van der Waals surface area contributed by atoms with Gasteiger partial charge in [-0.25, -0.2) is 4.79 Å². The van der Waals surface area contributed by atoms with Gasteiger partial charge in [0.05, 0.1) is 25.3 Å². The van der Waals surface area contributed by atoms with Gasteiger partial charge in [0.2, 0.25) is 6.41 Å². The number of amides is 3. The van der Waals surface area contributed by atoms with Crippen molar-refractivity contribution in [3.05, 3.63) is 71.3 Å². The van der Waals surface area contributed by atoms with Gasteiger partial charge in [-0.05, 0) is 43.9 Å². The van der Waals surface area contributed by atoms with E-state index in [2.05, 4.69) is 5.32 Å². The lowest BCUT2D eigenvalue weighted by molar-refractivity contribution is -0.150. The maximum atomic E-state index is 13.6. The molecular weight excluding hydrogens is 502 g/mol. The molecule has 0 saturated carbocycles. The lowest BCUT2D eigenvalue weighted by atomic mass is 9.99. The largest absolute Gasteiger partial charge is 0.444 e. The zero-order valence-corrected chi connectivity index (χ0v) is 22.6. The van der Waals surface area contributed by atoms with Crippen LogP contribution in [0.1, 0.15) is 37.0 Å². The minimum absolute atomic E-state index is 0.117. The van der Waals surface area contributed by atoms with Crippen LogP contribution < -0.4 is 5.32 Å². The Morgan fingerprint density at radius 1 is 1.23 bits per heavy atom. The third kappa shape index (κ3) is 6.58. The summed E-state index contributed by atoms with van der Waals surface area (Å²) in [6.45, 7) is 6.51. The first kappa shape index (κ1) is 28.5. The van der Waals surface area contributed by atoms with Gasteiger partial charge in [-0.3, -0.25) is 9.59 Å². The van der Waals surface area contributed by atoms with Crippen LogP contribution in [0.2, 0.25) is 0 Å². The normalized spacial score (nSPS) is 24.2. The summed E-state index contributed by atoms with van der Waals surface area (Å²) in [5.41, 5.74) is 1.71. The molecule has 0 radical (unpaired) electrons. The average Bonchev–Trinajstić information content (AvgIpc) is 3.55. The fourth-order valence-corrected chi connectivity index (χ4v) is 4.96. The molecule has 0 bridgehead atoms. The second-order valence-electron chi connectivity index (χ2n) is 10.2. The van der Waals surface area contributed by atoms with E-state index in [1.807, 2.05) is 61.5 Å². The zero-order valence-electron chi connectivity index (χ0n) is 22.6. The van der Waals surface area contributed by atoms with Crippen LogP contribution >= 0.6 is 0 Å². The number of alkyl carbamates (subject to hydrolysis) is 1. The topological polar surface area (TPSA) is 118 Å². The van der Waals surface area contributed by atoms with Crippen molar-refractivity contribution in [3.8, 4) is 0 Å². The van der Waals surface area contributed by atoms with E-state index in [9.17, 15) is 19.5 Å². The number of benzene rings is 2. The molecular formula is C29H37N3O7. The molecule has 1 unspecified atom stereocenters. The Hall–Kier alpha value is -3.47. The molecule has 0 spiro atoms. The number of rotatable bonds is 10. The molecule has 2 aliphatic heterocycles. The first-order chi connectivity index (χ1) is 18.7. The molecule has 2 N–H and O–H groups in total. The van der Waals surface area contributed by atoms with Gasteiger partial charge in [-0.1, -0.05) is 54.6 Å². The lowest BCUT2D eigenvalue weighted by Crippen LogP contribution is -2.58. The molecule has 2 saturated heterocycles. The Balaban J connectivity index is 1.48. The van der Waals surface area contributed by atoms with Gasteiger partial charge in [0.15, 0.2) is 11.8 Å². The molecule has 2 aromatic carbocycles. The number of aryl methyl sites for hydroxylation is 1. The molecule has 3 amide bonds. The monoisotopic (exact) mass is 539 g/mol. The van der Waals surface area contributed by atoms with Crippen molar-refractivity contribution in [1.29, 1.82) is 0 Å². The van der Waals surface area contributed by atoms with Crippen LogP contribution in [0.15, 0.2) is 54.6 Å². The molecule has 0 aromatic heterocycles. The maximum Gasteiger partial charge on any atom is 0.407 e. The number of ether oxygens (including phenoxy) is 3. The van der Waals surface area contributed by atoms with Crippen molar-refractivity contribution in [2.45, 2.75) is 70.2 Å². The highest BCUT2D eigenvalue weighted by atomic mass is 16.6. The van der Waals surface area contributed by atoms with Crippen molar-refractivity contribution in [2.75, 3.05) is 19.9 Å². The number of nitrogens with one attached hydrogen (secondary N) is 1. The standard InChI is InChI=1S/C29H37N3O7/c1-20-9-7-8-12-23(20)16-31(18-33)29(3)21(2)32(19-38-29)27(35)26(34)25(15-22-10-5-4-6-11-22)30-28(36)39-24-13-14-37-17-24/h4-12,18,21,24-26,34H,13-17,19H2,1-3H3,(H,30,36)/t21-,24+,25+,26+,29?/m1/s1. The van der Waals surface area contributed by atoms with E-state index in [1.165, 1.54) is 9.80 Å². The fourth-order valence-electron chi connectivity index (χ4n) is 4.96. The number of aliphatic hydroxyl groups excluding tert-OH is 1. The lowest BCUT2D eigenvalue weighted by Gasteiger charge is -2.39. The van der Waals surface area contributed by atoms with E-state index in [1.54, 1.807) is 13.8 Å². The van der Waals surface area contributed by atoms with Gasteiger partial charge in [-0.2, -0.15) is 0 Å². The highest BCUT2D eigenvalue weighted by Gasteiger charge is 2.50. The van der Waals surface area contributed by atoms with Gasteiger partial charge in [0.25, 0.3) is 5.91 Å². The van der Waals surface area contributed by atoms with Crippen LogP contribution in [0, 0.1) is 6.92 Å². The molecule has 4 rings (SSSR count). The van der Waals surface area contributed by atoms with Crippen molar-refractivity contribution < 1.29 is 33.7 Å². The molecule has 10 heteroatoms. The summed E-state index contributed by atoms with van der Waals surface area (Å²) in [4.78, 5) is 41.3. The van der Waals surface area contributed by atoms with Gasteiger partial charge in [0.1, 0.15) is 12.8 Å². The van der Waals surface area contributed by atoms with Crippen LogP contribution in [-0.2, 0) is 36.8 Å². The van der Waals surface area contributed by atoms with Gasteiger partial charge in [0, 0.05) is 13.0 Å². The third-order valence-corrected chi connectivity index (χ3v) is 7.72. The van der Waals surface area contributed by atoms with Crippen LogP contribution in [0.5, 0.6) is 0 Å². The summed E-state index contributed by atoms with van der Waals surface area (Å²) in [7, 11) is 0. The van der Waals surface area contributed by atoms with Gasteiger partial charge >= 0.3 is 6.09 Å². The molecule has 39 heavy (non-hydrogen) atoms. The summed E-state index contributed by atoms with van der Waals surface area (Å²) in [5, 5.41) is 13.9. The predicted molar refractivity (Wildman–Crippen MR) is 142 cm³/mol. The van der Waals surface area contributed by atoms with E-state index in [0.29, 0.717) is 26.2 Å². The van der Waals surface area contributed by atoms with Crippen LogP contribution in [0.25, 0.3) is 0 Å². The van der Waals surface area contributed by atoms with E-state index in [4.69, 9.17) is 14.2 Å². The number of nitrogens with zero attached hydrogens (tertiary/aromatic N) is 2. The Morgan fingerprint density at radius 3 is 2.62 bits per heavy atom. The van der Waals surface area contributed by atoms with Gasteiger partial charge in [-0.15, -0.1) is 0 Å².